The summed E-state index contributed by atoms with van der Waals surface area (Å²) < 4.78 is 0. The standard InChI is InChI=1S/C13H12N2O/c16-13-6-11(8-15-13)10-5-9-3-1-2-4-12(9)14-7-10/h1-5,7,11H,6,8H2,(H,15,16). The van der Waals surface area contributed by atoms with Gasteiger partial charge < -0.3 is 5.32 Å². The topological polar surface area (TPSA) is 42.0 Å². The van der Waals surface area contributed by atoms with Gasteiger partial charge in [0, 0.05) is 30.5 Å². The quantitative estimate of drug-likeness (QED) is 0.783. The number of carbonyl (C=O) groups excluding carboxylic acids is 1. The molecule has 0 aliphatic carbocycles. The molecular formula is C13H12N2O. The van der Waals surface area contributed by atoms with Gasteiger partial charge in [-0.2, -0.15) is 0 Å². The van der Waals surface area contributed by atoms with Crippen molar-refractivity contribution in [1.29, 1.82) is 0 Å². The summed E-state index contributed by atoms with van der Waals surface area (Å²) in [5.41, 5.74) is 2.15. The van der Waals surface area contributed by atoms with Gasteiger partial charge in [0.05, 0.1) is 5.52 Å². The lowest BCUT2D eigenvalue weighted by molar-refractivity contribution is -0.119. The fourth-order valence-corrected chi connectivity index (χ4v) is 2.15. The number of para-hydroxylation sites is 1. The number of amides is 1. The second-order valence-electron chi connectivity index (χ2n) is 4.17. The minimum absolute atomic E-state index is 0.137. The lowest BCUT2D eigenvalue weighted by Gasteiger charge is -2.07. The van der Waals surface area contributed by atoms with Gasteiger partial charge in [-0.05, 0) is 17.7 Å². The van der Waals surface area contributed by atoms with Gasteiger partial charge in [0.25, 0.3) is 0 Å². The Kier molecular flexibility index (Phi) is 2.10. The van der Waals surface area contributed by atoms with Crippen LogP contribution >= 0.6 is 0 Å². The molecule has 1 aliphatic rings. The Morgan fingerprint density at radius 3 is 3.00 bits per heavy atom. The maximum Gasteiger partial charge on any atom is 0.220 e. The lowest BCUT2D eigenvalue weighted by Crippen LogP contribution is -2.13. The molecule has 3 nitrogen and oxygen atoms in total. The maximum atomic E-state index is 11.2. The molecule has 1 aliphatic heterocycles. The first-order valence-corrected chi connectivity index (χ1v) is 5.44. The van der Waals surface area contributed by atoms with Crippen LogP contribution in [0.25, 0.3) is 10.9 Å². The van der Waals surface area contributed by atoms with Gasteiger partial charge in [-0.15, -0.1) is 0 Å². The number of carbonyl (C=O) groups is 1. The number of rotatable bonds is 1. The highest BCUT2D eigenvalue weighted by atomic mass is 16.1. The molecule has 0 bridgehead atoms. The zero-order valence-electron chi connectivity index (χ0n) is 8.81. The highest BCUT2D eigenvalue weighted by molar-refractivity contribution is 5.81. The first-order valence-electron chi connectivity index (χ1n) is 5.44. The highest BCUT2D eigenvalue weighted by Gasteiger charge is 2.23. The molecule has 1 fully saturated rings. The van der Waals surface area contributed by atoms with Crippen LogP contribution in [0.2, 0.25) is 0 Å². The number of nitrogens with one attached hydrogen (secondary N) is 1. The molecule has 1 atom stereocenters. The molecule has 1 aromatic heterocycles. The minimum Gasteiger partial charge on any atom is -0.355 e. The Hall–Kier alpha value is -1.90. The van der Waals surface area contributed by atoms with Crippen molar-refractivity contribution in [3.63, 3.8) is 0 Å². The molecule has 80 valence electrons. The minimum atomic E-state index is 0.137. The Morgan fingerprint density at radius 2 is 2.19 bits per heavy atom. The molecule has 16 heavy (non-hydrogen) atoms. The summed E-state index contributed by atoms with van der Waals surface area (Å²) in [5.74, 6) is 0.419. The zero-order valence-corrected chi connectivity index (χ0v) is 8.81. The van der Waals surface area contributed by atoms with Gasteiger partial charge in [0.15, 0.2) is 0 Å². The van der Waals surface area contributed by atoms with Crippen LogP contribution in [-0.4, -0.2) is 17.4 Å². The van der Waals surface area contributed by atoms with Gasteiger partial charge in [-0.25, -0.2) is 0 Å². The Balaban J connectivity index is 2.02. The third kappa shape index (κ3) is 1.54. The molecule has 1 N–H and O–H groups in total. The summed E-state index contributed by atoms with van der Waals surface area (Å²) in [6.07, 6.45) is 2.47. The Morgan fingerprint density at radius 1 is 1.31 bits per heavy atom. The van der Waals surface area contributed by atoms with Crippen molar-refractivity contribution in [1.82, 2.24) is 10.3 Å². The van der Waals surface area contributed by atoms with E-state index in [9.17, 15) is 4.79 Å². The van der Waals surface area contributed by atoms with Crippen LogP contribution < -0.4 is 5.32 Å². The van der Waals surface area contributed by atoms with Crippen LogP contribution in [0.5, 0.6) is 0 Å². The first kappa shape index (κ1) is 9.33. The molecule has 0 spiro atoms. The van der Waals surface area contributed by atoms with E-state index in [1.807, 2.05) is 24.4 Å². The number of benzene rings is 1. The molecule has 1 amide bonds. The number of hydrogen-bond acceptors (Lipinski definition) is 2. The average Bonchev–Trinajstić information content (AvgIpc) is 2.75. The zero-order chi connectivity index (χ0) is 11.0. The van der Waals surface area contributed by atoms with E-state index < -0.39 is 0 Å². The van der Waals surface area contributed by atoms with E-state index in [4.69, 9.17) is 0 Å². The molecule has 2 heterocycles. The lowest BCUT2D eigenvalue weighted by atomic mass is 9.99. The number of fused-ring (bicyclic) bond motifs is 1. The van der Waals surface area contributed by atoms with Gasteiger partial charge in [-0.1, -0.05) is 18.2 Å². The SMILES string of the molecule is O=C1CC(c2cnc3ccccc3c2)CN1. The van der Waals surface area contributed by atoms with Crippen LogP contribution in [0.15, 0.2) is 36.5 Å². The van der Waals surface area contributed by atoms with Gasteiger partial charge in [0.1, 0.15) is 0 Å². The number of hydrogen-bond donors (Lipinski definition) is 1. The van der Waals surface area contributed by atoms with Gasteiger partial charge >= 0.3 is 0 Å². The van der Waals surface area contributed by atoms with Crippen molar-refractivity contribution in [2.75, 3.05) is 6.54 Å². The third-order valence-electron chi connectivity index (χ3n) is 3.06. The molecule has 0 radical (unpaired) electrons. The Bertz CT molecular complexity index is 550. The van der Waals surface area contributed by atoms with E-state index in [-0.39, 0.29) is 11.8 Å². The summed E-state index contributed by atoms with van der Waals surface area (Å²) in [7, 11) is 0. The van der Waals surface area contributed by atoms with E-state index in [2.05, 4.69) is 22.4 Å². The summed E-state index contributed by atoms with van der Waals surface area (Å²) in [4.78, 5) is 15.6. The predicted octanol–water partition coefficient (Wildman–Crippen LogP) is 1.84. The van der Waals surface area contributed by atoms with Crippen molar-refractivity contribution in [3.8, 4) is 0 Å². The number of nitrogens with zero attached hydrogens (tertiary/aromatic N) is 1. The van der Waals surface area contributed by atoms with Crippen molar-refractivity contribution >= 4 is 16.8 Å². The monoisotopic (exact) mass is 212 g/mol. The molecular weight excluding hydrogens is 200 g/mol. The average molecular weight is 212 g/mol. The molecule has 2 aromatic rings. The molecule has 0 saturated carbocycles. The second kappa shape index (κ2) is 3.59. The predicted molar refractivity (Wildman–Crippen MR) is 62.1 cm³/mol. The van der Waals surface area contributed by atoms with Gasteiger partial charge in [-0.3, -0.25) is 9.78 Å². The van der Waals surface area contributed by atoms with Gasteiger partial charge in [0.2, 0.25) is 5.91 Å². The normalized spacial score (nSPS) is 20.0. The summed E-state index contributed by atoms with van der Waals surface area (Å²) in [6, 6.07) is 10.2. The molecule has 3 heteroatoms. The largest absolute Gasteiger partial charge is 0.355 e. The van der Waals surface area contributed by atoms with E-state index in [1.54, 1.807) is 0 Å². The highest BCUT2D eigenvalue weighted by Crippen LogP contribution is 2.24. The van der Waals surface area contributed by atoms with E-state index in [0.29, 0.717) is 6.42 Å². The smallest absolute Gasteiger partial charge is 0.220 e. The summed E-state index contributed by atoms with van der Waals surface area (Å²) >= 11 is 0. The molecule has 1 saturated heterocycles. The van der Waals surface area contributed by atoms with Crippen molar-refractivity contribution in [2.45, 2.75) is 12.3 Å². The van der Waals surface area contributed by atoms with E-state index >= 15 is 0 Å². The fraction of sp³-hybridized carbons (Fsp3) is 0.231. The van der Waals surface area contributed by atoms with Crippen LogP contribution in [-0.2, 0) is 4.79 Å². The maximum absolute atomic E-state index is 11.2. The first-order chi connectivity index (χ1) is 7.83. The van der Waals surface area contributed by atoms with Crippen molar-refractivity contribution in [2.24, 2.45) is 0 Å². The van der Waals surface area contributed by atoms with Crippen LogP contribution in [0.3, 0.4) is 0 Å². The van der Waals surface area contributed by atoms with Crippen LogP contribution in [0, 0.1) is 0 Å². The fourth-order valence-electron chi connectivity index (χ4n) is 2.15. The van der Waals surface area contributed by atoms with Crippen molar-refractivity contribution < 1.29 is 4.79 Å². The van der Waals surface area contributed by atoms with Crippen LogP contribution in [0.4, 0.5) is 0 Å². The molecule has 3 rings (SSSR count). The van der Waals surface area contributed by atoms with Crippen LogP contribution in [0.1, 0.15) is 17.9 Å². The van der Waals surface area contributed by atoms with E-state index in [0.717, 1.165) is 23.0 Å². The number of pyridine rings is 1. The summed E-state index contributed by atoms with van der Waals surface area (Å²) in [6.45, 7) is 0.735. The van der Waals surface area contributed by atoms with E-state index in [1.165, 1.54) is 0 Å². The molecule has 1 aromatic carbocycles. The second-order valence-corrected chi connectivity index (χ2v) is 4.17. The molecule has 1 unspecified atom stereocenters. The third-order valence-corrected chi connectivity index (χ3v) is 3.06. The summed E-state index contributed by atoms with van der Waals surface area (Å²) in [5, 5.41) is 3.99. The van der Waals surface area contributed by atoms with Crippen molar-refractivity contribution in [3.05, 3.63) is 42.1 Å². The number of aromatic nitrogens is 1. The Labute approximate surface area is 93.5 Å².